The Kier molecular flexibility index (Phi) is 6.35. The van der Waals surface area contributed by atoms with Crippen molar-refractivity contribution in [2.45, 2.75) is 44.6 Å². The number of hydrogen-bond donors (Lipinski definition) is 2. The van der Waals surface area contributed by atoms with Crippen LogP contribution in [0, 0.1) is 5.41 Å². The van der Waals surface area contributed by atoms with E-state index in [9.17, 15) is 14.7 Å². The molecule has 4 aromatic rings. The van der Waals surface area contributed by atoms with Gasteiger partial charge in [-0.05, 0) is 64.7 Å². The lowest BCUT2D eigenvalue weighted by Gasteiger charge is -2.46. The number of pyridine rings is 2. The monoisotopic (exact) mass is 570 g/mol. The van der Waals surface area contributed by atoms with E-state index in [1.165, 1.54) is 0 Å². The van der Waals surface area contributed by atoms with Crippen molar-refractivity contribution in [1.82, 2.24) is 19.9 Å². The number of rotatable bonds is 7. The molecule has 0 radical (unpaired) electrons. The molecule has 8 heteroatoms. The van der Waals surface area contributed by atoms with Gasteiger partial charge in [-0.3, -0.25) is 9.78 Å². The van der Waals surface area contributed by atoms with Crippen molar-refractivity contribution >= 4 is 38.7 Å². The molecule has 2 aliphatic rings. The van der Waals surface area contributed by atoms with E-state index in [2.05, 4.69) is 43.5 Å². The third-order valence-corrected chi connectivity index (χ3v) is 8.60. The molecule has 1 spiro atoms. The zero-order chi connectivity index (χ0) is 26.3. The minimum Gasteiger partial charge on any atom is -0.480 e. The molecule has 2 aliphatic carbocycles. The van der Waals surface area contributed by atoms with Crippen molar-refractivity contribution in [3.8, 4) is 16.8 Å². The summed E-state index contributed by atoms with van der Waals surface area (Å²) in [6, 6.07) is 15.0. The molecular weight excluding hydrogens is 544 g/mol. The van der Waals surface area contributed by atoms with Gasteiger partial charge in [-0.15, -0.1) is 0 Å². The van der Waals surface area contributed by atoms with E-state index in [-0.39, 0.29) is 5.78 Å². The molecule has 192 valence electrons. The van der Waals surface area contributed by atoms with Gasteiger partial charge in [0.1, 0.15) is 11.7 Å². The quantitative estimate of drug-likeness (QED) is 0.291. The second kappa shape index (κ2) is 9.83. The highest BCUT2D eigenvalue weighted by atomic mass is 79.9. The van der Waals surface area contributed by atoms with Crippen molar-refractivity contribution in [3.63, 3.8) is 0 Å². The number of fused-ring (bicyclic) bond motifs is 1. The number of halogens is 1. The Morgan fingerprint density at radius 3 is 2.55 bits per heavy atom. The number of ketones is 1. The van der Waals surface area contributed by atoms with Crippen LogP contribution < -0.4 is 5.32 Å². The van der Waals surface area contributed by atoms with E-state index in [0.717, 1.165) is 71.2 Å². The number of Topliss-reactive ketones (excluding diaryl/α,β-unsaturated/α-hetero) is 1. The number of nitrogens with zero attached hydrogens (tertiary/aromatic N) is 3. The lowest BCUT2D eigenvalue weighted by atomic mass is 9.62. The standard InChI is InChI=1S/C30H27BrN4O3/c31-25-26(30(27(25)36)12-2-1-3-13-30)34-24(29(37)38)16-19-8-10-21(11-9-19)35-18-23(20-6-4-14-32-17-20)22-7-5-15-33-28(22)35/h4-11,14-15,17-18,24,34H,1-3,12-13,16H2,(H,37,38)/t24-/m0/s1. The predicted octanol–water partition coefficient (Wildman–Crippen LogP) is 5.81. The molecular formula is C30H27BrN4O3. The highest BCUT2D eigenvalue weighted by Gasteiger charge is 2.53. The van der Waals surface area contributed by atoms with Crippen LogP contribution in [0.15, 0.2) is 83.5 Å². The van der Waals surface area contributed by atoms with Crippen molar-refractivity contribution in [2.75, 3.05) is 0 Å². The molecule has 3 heterocycles. The number of carboxylic acid groups (broad SMARTS) is 1. The van der Waals surface area contributed by atoms with Gasteiger partial charge in [0.15, 0.2) is 5.78 Å². The van der Waals surface area contributed by atoms with E-state index in [4.69, 9.17) is 0 Å². The average molecular weight is 571 g/mol. The molecule has 38 heavy (non-hydrogen) atoms. The highest BCUT2D eigenvalue weighted by Crippen LogP contribution is 2.53. The van der Waals surface area contributed by atoms with Crippen molar-refractivity contribution in [1.29, 1.82) is 0 Å². The summed E-state index contributed by atoms with van der Waals surface area (Å²) in [6.07, 6.45) is 12.4. The number of carboxylic acids is 1. The Balaban J connectivity index is 1.26. The second-order valence-corrected chi connectivity index (χ2v) is 10.9. The maximum Gasteiger partial charge on any atom is 0.326 e. The van der Waals surface area contributed by atoms with Crippen LogP contribution in [0.5, 0.6) is 0 Å². The van der Waals surface area contributed by atoms with Gasteiger partial charge in [-0.25, -0.2) is 9.78 Å². The molecule has 1 atom stereocenters. The number of allylic oxidation sites excluding steroid dienone is 2. The first kappa shape index (κ1) is 24.6. The Labute approximate surface area is 228 Å². The third-order valence-electron chi connectivity index (χ3n) is 7.85. The van der Waals surface area contributed by atoms with Gasteiger partial charge < -0.3 is 15.0 Å². The van der Waals surface area contributed by atoms with Gasteiger partial charge in [0, 0.05) is 59.1 Å². The molecule has 7 nitrogen and oxygen atoms in total. The van der Waals surface area contributed by atoms with Crippen LogP contribution in [0.1, 0.15) is 37.7 Å². The molecule has 0 unspecified atom stereocenters. The number of nitrogens with one attached hydrogen (secondary N) is 1. The average Bonchev–Trinajstić information content (AvgIpc) is 3.35. The molecule has 6 rings (SSSR count). The number of benzene rings is 1. The van der Waals surface area contributed by atoms with Crippen LogP contribution in [-0.4, -0.2) is 37.4 Å². The SMILES string of the molecule is O=C(O)[C@H](Cc1ccc(-n2cc(-c3cccnc3)c3cccnc32)cc1)NC1=C(Br)C(=O)C12CCCCC2. The zero-order valence-corrected chi connectivity index (χ0v) is 22.3. The zero-order valence-electron chi connectivity index (χ0n) is 20.7. The van der Waals surface area contributed by atoms with E-state index in [1.807, 2.05) is 53.2 Å². The lowest BCUT2D eigenvalue weighted by Crippen LogP contribution is -2.53. The van der Waals surface area contributed by atoms with E-state index >= 15 is 0 Å². The van der Waals surface area contributed by atoms with Crippen molar-refractivity contribution < 1.29 is 14.7 Å². The van der Waals surface area contributed by atoms with Gasteiger partial charge >= 0.3 is 5.97 Å². The number of aliphatic carboxylic acids is 1. The summed E-state index contributed by atoms with van der Waals surface area (Å²) in [5.74, 6) is -0.833. The van der Waals surface area contributed by atoms with Crippen LogP contribution in [0.4, 0.5) is 0 Å². The third kappa shape index (κ3) is 4.13. The summed E-state index contributed by atoms with van der Waals surface area (Å²) in [4.78, 5) is 33.8. The first-order valence-electron chi connectivity index (χ1n) is 12.9. The summed E-state index contributed by atoms with van der Waals surface area (Å²) in [5, 5.41) is 14.3. The van der Waals surface area contributed by atoms with E-state index in [0.29, 0.717) is 10.9 Å². The van der Waals surface area contributed by atoms with Crippen LogP contribution >= 0.6 is 15.9 Å². The number of hydrogen-bond acceptors (Lipinski definition) is 5. The largest absolute Gasteiger partial charge is 0.480 e. The van der Waals surface area contributed by atoms with Gasteiger partial charge in [0.25, 0.3) is 0 Å². The summed E-state index contributed by atoms with van der Waals surface area (Å²) < 4.78 is 2.54. The van der Waals surface area contributed by atoms with Crippen molar-refractivity contribution in [3.05, 3.63) is 89.1 Å². The van der Waals surface area contributed by atoms with Crippen molar-refractivity contribution in [2.24, 2.45) is 5.41 Å². The fourth-order valence-corrected chi connectivity index (χ4v) is 6.70. The molecule has 2 N–H and O–H groups in total. The molecule has 0 bridgehead atoms. The Morgan fingerprint density at radius 1 is 1.08 bits per heavy atom. The predicted molar refractivity (Wildman–Crippen MR) is 149 cm³/mol. The topological polar surface area (TPSA) is 97.1 Å². The van der Waals surface area contributed by atoms with Crippen LogP contribution in [0.25, 0.3) is 27.8 Å². The molecule has 1 saturated carbocycles. The van der Waals surface area contributed by atoms with Crippen LogP contribution in [0.3, 0.4) is 0 Å². The van der Waals surface area contributed by atoms with Gasteiger partial charge in [0.05, 0.1) is 9.90 Å². The summed E-state index contributed by atoms with van der Waals surface area (Å²) in [7, 11) is 0. The van der Waals surface area contributed by atoms with Gasteiger partial charge in [0.2, 0.25) is 0 Å². The first-order chi connectivity index (χ1) is 18.5. The Bertz CT molecular complexity index is 1550. The number of carbonyl (C=O) groups is 2. The molecule has 1 aromatic carbocycles. The van der Waals surface area contributed by atoms with E-state index in [1.54, 1.807) is 12.4 Å². The summed E-state index contributed by atoms with van der Waals surface area (Å²) >= 11 is 3.40. The van der Waals surface area contributed by atoms with Crippen LogP contribution in [0.2, 0.25) is 0 Å². The first-order valence-corrected chi connectivity index (χ1v) is 13.7. The van der Waals surface area contributed by atoms with Crippen LogP contribution in [-0.2, 0) is 16.0 Å². The normalized spacial score (nSPS) is 17.4. The van der Waals surface area contributed by atoms with E-state index < -0.39 is 17.4 Å². The minimum atomic E-state index is -0.936. The molecule has 0 amide bonds. The number of carbonyl (C=O) groups excluding carboxylic acids is 1. The molecule has 0 aliphatic heterocycles. The second-order valence-electron chi connectivity index (χ2n) is 10.1. The Morgan fingerprint density at radius 2 is 1.84 bits per heavy atom. The minimum absolute atomic E-state index is 0.103. The Hall–Kier alpha value is -3.78. The number of aromatic nitrogens is 3. The smallest absolute Gasteiger partial charge is 0.326 e. The fourth-order valence-electron chi connectivity index (χ4n) is 5.83. The lowest BCUT2D eigenvalue weighted by molar-refractivity contribution is -0.140. The van der Waals surface area contributed by atoms with Gasteiger partial charge in [-0.2, -0.15) is 0 Å². The maximum atomic E-state index is 12.7. The summed E-state index contributed by atoms with van der Waals surface area (Å²) in [5.41, 5.74) is 4.96. The molecule has 1 fully saturated rings. The summed E-state index contributed by atoms with van der Waals surface area (Å²) in [6.45, 7) is 0. The van der Waals surface area contributed by atoms with Gasteiger partial charge in [-0.1, -0.05) is 37.5 Å². The molecule has 0 saturated heterocycles. The fraction of sp³-hybridized carbons (Fsp3) is 0.267. The highest BCUT2D eigenvalue weighted by molar-refractivity contribution is 9.12. The maximum absolute atomic E-state index is 12.7. The molecule has 3 aromatic heterocycles.